The molecule has 1 heterocycles. The fraction of sp³-hybridized carbons (Fsp3) is 0.0769. The van der Waals surface area contributed by atoms with Gasteiger partial charge in [-0.1, -0.05) is 23.2 Å². The first-order valence-electron chi connectivity index (χ1n) is 5.22. The van der Waals surface area contributed by atoms with Crippen molar-refractivity contribution in [2.24, 2.45) is 0 Å². The molecule has 1 aromatic heterocycles. The van der Waals surface area contributed by atoms with E-state index in [1.165, 1.54) is 0 Å². The van der Waals surface area contributed by atoms with Gasteiger partial charge in [-0.3, -0.25) is 4.98 Å². The highest BCUT2D eigenvalue weighted by molar-refractivity contribution is 6.33. The van der Waals surface area contributed by atoms with E-state index in [1.807, 2.05) is 6.07 Å². The molecule has 0 saturated carbocycles. The molecule has 0 unspecified atom stereocenters. The summed E-state index contributed by atoms with van der Waals surface area (Å²) < 4.78 is 0. The Labute approximate surface area is 115 Å². The Hall–Kier alpha value is -1.76. The van der Waals surface area contributed by atoms with Gasteiger partial charge in [0.1, 0.15) is 0 Å². The highest BCUT2D eigenvalue weighted by Crippen LogP contribution is 2.24. The highest BCUT2D eigenvalue weighted by atomic mass is 35.5. The Morgan fingerprint density at radius 3 is 2.78 bits per heavy atom. The molecule has 0 radical (unpaired) electrons. The third-order valence-electron chi connectivity index (χ3n) is 2.42. The molecule has 0 aliphatic heterocycles. The standard InChI is InChI=1S/C13H9Cl2N3/c14-11-2-1-9(6-16)5-13(11)18-7-10-3-4-17-8-12(10)15/h1-5,8,18H,7H2. The molecule has 3 nitrogen and oxygen atoms in total. The summed E-state index contributed by atoms with van der Waals surface area (Å²) in [6.45, 7) is 0.524. The van der Waals surface area contributed by atoms with Crippen molar-refractivity contribution < 1.29 is 0 Å². The quantitative estimate of drug-likeness (QED) is 0.927. The zero-order valence-corrected chi connectivity index (χ0v) is 10.8. The van der Waals surface area contributed by atoms with Crippen LogP contribution in [0.1, 0.15) is 11.1 Å². The molecular formula is C13H9Cl2N3. The minimum atomic E-state index is 0.524. The van der Waals surface area contributed by atoms with Crippen LogP contribution in [-0.2, 0) is 6.54 Å². The predicted octanol–water partition coefficient (Wildman–Crippen LogP) is 3.87. The van der Waals surface area contributed by atoms with Crippen LogP contribution in [-0.4, -0.2) is 4.98 Å². The third-order valence-corrected chi connectivity index (χ3v) is 3.09. The molecule has 0 aliphatic carbocycles. The van der Waals surface area contributed by atoms with Crippen molar-refractivity contribution >= 4 is 28.9 Å². The number of nitriles is 1. The van der Waals surface area contributed by atoms with Crippen molar-refractivity contribution in [2.45, 2.75) is 6.54 Å². The van der Waals surface area contributed by atoms with Crippen molar-refractivity contribution in [3.8, 4) is 6.07 Å². The highest BCUT2D eigenvalue weighted by Gasteiger charge is 2.03. The molecule has 2 aromatic rings. The summed E-state index contributed by atoms with van der Waals surface area (Å²) in [5.74, 6) is 0. The van der Waals surface area contributed by atoms with E-state index in [0.717, 1.165) is 5.56 Å². The fourth-order valence-electron chi connectivity index (χ4n) is 1.47. The van der Waals surface area contributed by atoms with E-state index in [4.69, 9.17) is 28.5 Å². The maximum atomic E-state index is 8.83. The maximum absolute atomic E-state index is 8.83. The number of hydrogen-bond donors (Lipinski definition) is 1. The molecule has 0 atom stereocenters. The predicted molar refractivity (Wildman–Crippen MR) is 72.7 cm³/mol. The maximum Gasteiger partial charge on any atom is 0.0992 e. The smallest absolute Gasteiger partial charge is 0.0992 e. The Kier molecular flexibility index (Phi) is 4.03. The van der Waals surface area contributed by atoms with Crippen molar-refractivity contribution in [3.05, 3.63) is 57.8 Å². The first-order valence-corrected chi connectivity index (χ1v) is 5.98. The summed E-state index contributed by atoms with van der Waals surface area (Å²) in [5.41, 5.74) is 2.19. The normalized spacial score (nSPS) is 9.83. The average Bonchev–Trinajstić information content (AvgIpc) is 2.39. The van der Waals surface area contributed by atoms with Gasteiger partial charge in [0.25, 0.3) is 0 Å². The number of nitrogens with zero attached hydrogens (tertiary/aromatic N) is 2. The second kappa shape index (κ2) is 5.72. The molecular weight excluding hydrogens is 269 g/mol. The molecule has 0 spiro atoms. The van der Waals surface area contributed by atoms with Crippen LogP contribution in [0.3, 0.4) is 0 Å². The number of aromatic nitrogens is 1. The van der Waals surface area contributed by atoms with Gasteiger partial charge in [-0.05, 0) is 29.8 Å². The van der Waals surface area contributed by atoms with Crippen molar-refractivity contribution in [3.63, 3.8) is 0 Å². The first-order chi connectivity index (χ1) is 8.70. The van der Waals surface area contributed by atoms with E-state index in [0.29, 0.717) is 27.8 Å². The third kappa shape index (κ3) is 2.92. The SMILES string of the molecule is N#Cc1ccc(Cl)c(NCc2ccncc2Cl)c1. The molecule has 1 N–H and O–H groups in total. The number of anilines is 1. The number of pyridine rings is 1. The summed E-state index contributed by atoms with van der Waals surface area (Å²) in [4.78, 5) is 3.92. The lowest BCUT2D eigenvalue weighted by Crippen LogP contribution is -2.01. The summed E-state index contributed by atoms with van der Waals surface area (Å²) in [7, 11) is 0. The molecule has 2 rings (SSSR count). The Balaban J connectivity index is 2.16. The zero-order chi connectivity index (χ0) is 13.0. The van der Waals surface area contributed by atoms with Crippen LogP contribution in [0.25, 0.3) is 0 Å². The van der Waals surface area contributed by atoms with E-state index in [9.17, 15) is 0 Å². The topological polar surface area (TPSA) is 48.7 Å². The van der Waals surface area contributed by atoms with E-state index < -0.39 is 0 Å². The van der Waals surface area contributed by atoms with Gasteiger partial charge in [-0.2, -0.15) is 5.26 Å². The minimum Gasteiger partial charge on any atom is -0.380 e. The molecule has 5 heteroatoms. The van der Waals surface area contributed by atoms with Gasteiger partial charge in [0.15, 0.2) is 0 Å². The van der Waals surface area contributed by atoms with Crippen LogP contribution < -0.4 is 5.32 Å². The van der Waals surface area contributed by atoms with Gasteiger partial charge in [0.2, 0.25) is 0 Å². The van der Waals surface area contributed by atoms with Crippen LogP contribution in [0.2, 0.25) is 10.0 Å². The number of rotatable bonds is 3. The summed E-state index contributed by atoms with van der Waals surface area (Å²) in [6, 6.07) is 8.97. The van der Waals surface area contributed by atoms with Crippen LogP contribution in [0, 0.1) is 11.3 Å². The average molecular weight is 278 g/mol. The van der Waals surface area contributed by atoms with Crippen LogP contribution in [0.5, 0.6) is 0 Å². The van der Waals surface area contributed by atoms with Gasteiger partial charge < -0.3 is 5.32 Å². The largest absolute Gasteiger partial charge is 0.380 e. The van der Waals surface area contributed by atoms with Crippen LogP contribution in [0.15, 0.2) is 36.7 Å². The van der Waals surface area contributed by atoms with Crippen molar-refractivity contribution in [2.75, 3.05) is 5.32 Å². The Bertz CT molecular complexity index is 605. The number of halogens is 2. The molecule has 18 heavy (non-hydrogen) atoms. The lowest BCUT2D eigenvalue weighted by atomic mass is 10.2. The second-order valence-corrected chi connectivity index (χ2v) is 4.44. The van der Waals surface area contributed by atoms with Gasteiger partial charge in [-0.15, -0.1) is 0 Å². The summed E-state index contributed by atoms with van der Waals surface area (Å²) in [5, 5.41) is 13.1. The zero-order valence-electron chi connectivity index (χ0n) is 9.32. The van der Waals surface area contributed by atoms with Gasteiger partial charge in [0, 0.05) is 18.9 Å². The summed E-state index contributed by atoms with van der Waals surface area (Å²) in [6.07, 6.45) is 3.27. The van der Waals surface area contributed by atoms with Gasteiger partial charge in [-0.25, -0.2) is 0 Å². The molecule has 0 fully saturated rings. The number of nitrogens with one attached hydrogen (secondary N) is 1. The second-order valence-electron chi connectivity index (χ2n) is 3.63. The molecule has 0 amide bonds. The van der Waals surface area contributed by atoms with Gasteiger partial charge in [0.05, 0.1) is 27.4 Å². The summed E-state index contributed by atoms with van der Waals surface area (Å²) >= 11 is 12.0. The molecule has 0 saturated heterocycles. The van der Waals surface area contributed by atoms with E-state index >= 15 is 0 Å². The minimum absolute atomic E-state index is 0.524. The molecule has 0 bridgehead atoms. The van der Waals surface area contributed by atoms with Crippen molar-refractivity contribution in [1.82, 2.24) is 4.98 Å². The lowest BCUT2D eigenvalue weighted by molar-refractivity contribution is 1.13. The Morgan fingerprint density at radius 1 is 1.22 bits per heavy atom. The van der Waals surface area contributed by atoms with Crippen molar-refractivity contribution in [1.29, 1.82) is 5.26 Å². The number of benzene rings is 1. The fourth-order valence-corrected chi connectivity index (χ4v) is 1.84. The van der Waals surface area contributed by atoms with Crippen LogP contribution in [0.4, 0.5) is 5.69 Å². The molecule has 1 aromatic carbocycles. The first kappa shape index (κ1) is 12.7. The van der Waals surface area contributed by atoms with Gasteiger partial charge >= 0.3 is 0 Å². The Morgan fingerprint density at radius 2 is 2.06 bits per heavy atom. The van der Waals surface area contributed by atoms with E-state index in [1.54, 1.807) is 30.6 Å². The molecule has 0 aliphatic rings. The molecule has 90 valence electrons. The van der Waals surface area contributed by atoms with E-state index in [2.05, 4.69) is 16.4 Å². The monoisotopic (exact) mass is 277 g/mol. The van der Waals surface area contributed by atoms with Crippen LogP contribution >= 0.6 is 23.2 Å². The lowest BCUT2D eigenvalue weighted by Gasteiger charge is -2.09. The number of hydrogen-bond acceptors (Lipinski definition) is 3. The van der Waals surface area contributed by atoms with E-state index in [-0.39, 0.29) is 0 Å².